The molecule has 0 unspecified atom stereocenters. The summed E-state index contributed by atoms with van der Waals surface area (Å²) in [5.74, 6) is 1.49. The number of thiazole rings is 1. The van der Waals surface area contributed by atoms with Crippen molar-refractivity contribution in [2.75, 3.05) is 0 Å². The summed E-state index contributed by atoms with van der Waals surface area (Å²) in [4.78, 5) is 4.60. The number of rotatable bonds is 4. The lowest BCUT2D eigenvalue weighted by Gasteiger charge is -1.99. The molecule has 1 aromatic carbocycles. The van der Waals surface area contributed by atoms with Gasteiger partial charge in [-0.1, -0.05) is 31.2 Å². The van der Waals surface area contributed by atoms with Gasteiger partial charge in [0.2, 0.25) is 0 Å². The van der Waals surface area contributed by atoms with Crippen molar-refractivity contribution in [1.82, 2.24) is 4.98 Å². The quantitative estimate of drug-likeness (QED) is 0.610. The fraction of sp³-hybridized carbons (Fsp3) is 0.158. The van der Waals surface area contributed by atoms with Gasteiger partial charge >= 0.3 is 0 Å². The molecule has 0 saturated heterocycles. The van der Waals surface area contributed by atoms with E-state index < -0.39 is 0 Å². The fourth-order valence-corrected chi connectivity index (χ4v) is 3.05. The zero-order chi connectivity index (χ0) is 16.2. The van der Waals surface area contributed by atoms with E-state index in [0.717, 1.165) is 23.4 Å². The molecule has 0 aliphatic carbocycles. The second-order valence-electron chi connectivity index (χ2n) is 5.21. The standard InChI is InChI=1S/C19H16N2OS/c1-3-14-5-7-15(8-6-14)18-12-23-19(21-18)16(11-20)10-17-9-4-13(2)22-17/h4-10,12H,3H2,1-2H3/b16-10+. The Hall–Kier alpha value is -2.64. The van der Waals surface area contributed by atoms with Crippen molar-refractivity contribution < 1.29 is 4.42 Å². The number of nitrogens with zero attached hydrogens (tertiary/aromatic N) is 2. The van der Waals surface area contributed by atoms with Gasteiger partial charge < -0.3 is 4.42 Å². The lowest BCUT2D eigenvalue weighted by atomic mass is 10.1. The Morgan fingerprint density at radius 3 is 2.65 bits per heavy atom. The van der Waals surface area contributed by atoms with Gasteiger partial charge in [-0.3, -0.25) is 0 Å². The van der Waals surface area contributed by atoms with E-state index in [0.29, 0.717) is 16.3 Å². The van der Waals surface area contributed by atoms with Gasteiger partial charge in [0.1, 0.15) is 22.6 Å². The van der Waals surface area contributed by atoms with E-state index in [4.69, 9.17) is 4.42 Å². The summed E-state index contributed by atoms with van der Waals surface area (Å²) >= 11 is 1.47. The number of hydrogen-bond acceptors (Lipinski definition) is 4. The van der Waals surface area contributed by atoms with E-state index in [-0.39, 0.29) is 0 Å². The van der Waals surface area contributed by atoms with Crippen LogP contribution in [0.3, 0.4) is 0 Å². The maximum absolute atomic E-state index is 9.40. The highest BCUT2D eigenvalue weighted by Gasteiger charge is 2.10. The molecular weight excluding hydrogens is 304 g/mol. The summed E-state index contributed by atoms with van der Waals surface area (Å²) < 4.78 is 5.50. The van der Waals surface area contributed by atoms with E-state index >= 15 is 0 Å². The molecule has 0 aliphatic rings. The lowest BCUT2D eigenvalue weighted by molar-refractivity contribution is 0.525. The van der Waals surface area contributed by atoms with Crippen LogP contribution in [0.1, 0.15) is 29.0 Å². The molecule has 0 atom stereocenters. The monoisotopic (exact) mass is 320 g/mol. The molecule has 0 aliphatic heterocycles. The van der Waals surface area contributed by atoms with E-state index in [1.807, 2.05) is 24.4 Å². The number of allylic oxidation sites excluding steroid dienone is 1. The summed E-state index contributed by atoms with van der Waals surface area (Å²) in [6.07, 6.45) is 2.75. The second-order valence-corrected chi connectivity index (χ2v) is 6.06. The highest BCUT2D eigenvalue weighted by molar-refractivity contribution is 7.11. The average molecular weight is 320 g/mol. The number of aryl methyl sites for hydroxylation is 2. The van der Waals surface area contributed by atoms with E-state index in [9.17, 15) is 5.26 Å². The van der Waals surface area contributed by atoms with Crippen LogP contribution in [0.2, 0.25) is 0 Å². The van der Waals surface area contributed by atoms with Crippen molar-refractivity contribution in [3.63, 3.8) is 0 Å². The number of furan rings is 1. The molecule has 0 spiro atoms. The maximum Gasteiger partial charge on any atom is 0.134 e. The Labute approximate surface area is 139 Å². The third kappa shape index (κ3) is 3.41. The highest BCUT2D eigenvalue weighted by atomic mass is 32.1. The second kappa shape index (κ2) is 6.64. The minimum atomic E-state index is 0.515. The Morgan fingerprint density at radius 1 is 1.26 bits per heavy atom. The summed E-state index contributed by atoms with van der Waals surface area (Å²) in [5, 5.41) is 12.1. The van der Waals surface area contributed by atoms with Crippen LogP contribution >= 0.6 is 11.3 Å². The van der Waals surface area contributed by atoms with Gasteiger partial charge in [0.05, 0.1) is 11.3 Å². The zero-order valence-corrected chi connectivity index (χ0v) is 13.9. The van der Waals surface area contributed by atoms with Crippen LogP contribution in [0.5, 0.6) is 0 Å². The third-order valence-electron chi connectivity index (χ3n) is 3.56. The molecule has 0 N–H and O–H groups in total. The molecule has 23 heavy (non-hydrogen) atoms. The van der Waals surface area contributed by atoms with Crippen LogP contribution in [-0.4, -0.2) is 4.98 Å². The minimum absolute atomic E-state index is 0.515. The van der Waals surface area contributed by atoms with Crippen LogP contribution in [0.25, 0.3) is 22.9 Å². The Balaban J connectivity index is 1.90. The molecule has 2 heterocycles. The summed E-state index contributed by atoms with van der Waals surface area (Å²) in [6.45, 7) is 4.02. The van der Waals surface area contributed by atoms with Crippen molar-refractivity contribution in [2.45, 2.75) is 20.3 Å². The molecule has 0 bridgehead atoms. The molecular formula is C19H16N2OS. The van der Waals surface area contributed by atoms with E-state index in [1.165, 1.54) is 16.9 Å². The predicted octanol–water partition coefficient (Wildman–Crippen LogP) is 5.34. The predicted molar refractivity (Wildman–Crippen MR) is 93.9 cm³/mol. The van der Waals surface area contributed by atoms with Crippen molar-refractivity contribution in [3.05, 3.63) is 63.9 Å². The van der Waals surface area contributed by atoms with Crippen LogP contribution in [0.4, 0.5) is 0 Å². The third-order valence-corrected chi connectivity index (χ3v) is 4.44. The first-order chi connectivity index (χ1) is 11.2. The first-order valence-electron chi connectivity index (χ1n) is 7.43. The molecule has 0 radical (unpaired) electrons. The van der Waals surface area contributed by atoms with Crippen molar-refractivity contribution in [3.8, 4) is 17.3 Å². The summed E-state index contributed by atoms with van der Waals surface area (Å²) in [5.41, 5.74) is 3.77. The number of hydrogen-bond donors (Lipinski definition) is 0. The van der Waals surface area contributed by atoms with E-state index in [1.54, 1.807) is 6.08 Å². The van der Waals surface area contributed by atoms with Crippen molar-refractivity contribution >= 4 is 23.0 Å². The number of nitriles is 1. The van der Waals surface area contributed by atoms with Gasteiger partial charge in [-0.2, -0.15) is 5.26 Å². The molecule has 3 rings (SSSR count). The van der Waals surface area contributed by atoms with Crippen LogP contribution < -0.4 is 0 Å². The SMILES string of the molecule is CCc1ccc(-c2csc(/C(C#N)=C/c3ccc(C)o3)n2)cc1. The Morgan fingerprint density at radius 2 is 2.04 bits per heavy atom. The molecule has 0 saturated carbocycles. The van der Waals surface area contributed by atoms with Gasteiger partial charge in [-0.25, -0.2) is 4.98 Å². The molecule has 4 heteroatoms. The molecule has 2 aromatic heterocycles. The zero-order valence-electron chi connectivity index (χ0n) is 13.0. The lowest BCUT2D eigenvalue weighted by Crippen LogP contribution is -1.84. The Kier molecular flexibility index (Phi) is 4.40. The van der Waals surface area contributed by atoms with Gasteiger partial charge in [-0.05, 0) is 31.0 Å². The van der Waals surface area contributed by atoms with Gasteiger partial charge in [0.25, 0.3) is 0 Å². The van der Waals surface area contributed by atoms with Crippen molar-refractivity contribution in [2.24, 2.45) is 0 Å². The smallest absolute Gasteiger partial charge is 0.134 e. The van der Waals surface area contributed by atoms with Crippen molar-refractivity contribution in [1.29, 1.82) is 5.26 Å². The normalized spacial score (nSPS) is 11.4. The molecule has 3 nitrogen and oxygen atoms in total. The summed E-state index contributed by atoms with van der Waals surface area (Å²) in [6, 6.07) is 14.3. The van der Waals surface area contributed by atoms with Gasteiger partial charge in [0.15, 0.2) is 0 Å². The molecule has 0 fully saturated rings. The summed E-state index contributed by atoms with van der Waals surface area (Å²) in [7, 11) is 0. The number of aromatic nitrogens is 1. The van der Waals surface area contributed by atoms with Crippen LogP contribution in [0, 0.1) is 18.3 Å². The maximum atomic E-state index is 9.40. The van der Waals surface area contributed by atoms with Gasteiger partial charge in [-0.15, -0.1) is 11.3 Å². The topological polar surface area (TPSA) is 49.8 Å². The largest absolute Gasteiger partial charge is 0.462 e. The first-order valence-corrected chi connectivity index (χ1v) is 8.31. The van der Waals surface area contributed by atoms with Crippen LogP contribution in [0.15, 0.2) is 46.2 Å². The first kappa shape index (κ1) is 15.3. The average Bonchev–Trinajstić information content (AvgIpc) is 3.22. The Bertz CT molecular complexity index is 879. The molecule has 3 aromatic rings. The van der Waals surface area contributed by atoms with Crippen LogP contribution in [-0.2, 0) is 6.42 Å². The molecule has 0 amide bonds. The van der Waals surface area contributed by atoms with Gasteiger partial charge in [0, 0.05) is 17.0 Å². The van der Waals surface area contributed by atoms with E-state index in [2.05, 4.69) is 42.2 Å². The number of benzene rings is 1. The minimum Gasteiger partial charge on any atom is -0.462 e. The highest BCUT2D eigenvalue weighted by Crippen LogP contribution is 2.27. The fourth-order valence-electron chi connectivity index (χ4n) is 2.26. The molecule has 114 valence electrons.